The van der Waals surface area contributed by atoms with Crippen LogP contribution in [0.15, 0.2) is 47.4 Å². The zero-order valence-corrected chi connectivity index (χ0v) is 15.2. The number of hydrogen-bond donors (Lipinski definition) is 1. The van der Waals surface area contributed by atoms with Crippen LogP contribution in [0.25, 0.3) is 16.8 Å². The molecule has 1 unspecified atom stereocenters. The molecule has 1 aliphatic rings. The molecular formula is C19H15N3OS2. The van der Waals surface area contributed by atoms with Crippen LogP contribution >= 0.6 is 23.1 Å². The Hall–Kier alpha value is -2.31. The van der Waals surface area contributed by atoms with E-state index in [1.807, 2.05) is 43.3 Å². The minimum atomic E-state index is -0.593. The van der Waals surface area contributed by atoms with Gasteiger partial charge in [-0.1, -0.05) is 61.2 Å². The van der Waals surface area contributed by atoms with Crippen LogP contribution in [-0.2, 0) is 11.2 Å². The Morgan fingerprint density at radius 2 is 1.96 bits per heavy atom. The van der Waals surface area contributed by atoms with Crippen molar-refractivity contribution in [3.05, 3.63) is 62.9 Å². The van der Waals surface area contributed by atoms with E-state index in [0.29, 0.717) is 15.0 Å². The third-order valence-electron chi connectivity index (χ3n) is 4.13. The SMILES string of the molecule is CCc1nnc(C2C(=N)SC(=Cc3cccc4ccccc34)C2=O)s1. The molecule has 124 valence electrons. The summed E-state index contributed by atoms with van der Waals surface area (Å²) in [6.45, 7) is 2.01. The van der Waals surface area contributed by atoms with Gasteiger partial charge in [0.15, 0.2) is 5.78 Å². The zero-order valence-electron chi connectivity index (χ0n) is 13.5. The first kappa shape index (κ1) is 16.2. The van der Waals surface area contributed by atoms with Gasteiger partial charge in [-0.05, 0) is 28.8 Å². The van der Waals surface area contributed by atoms with Crippen molar-refractivity contribution >= 4 is 50.8 Å². The molecule has 0 aliphatic carbocycles. The summed E-state index contributed by atoms with van der Waals surface area (Å²) < 4.78 is 0. The van der Waals surface area contributed by atoms with Gasteiger partial charge in [-0.15, -0.1) is 21.5 Å². The average molecular weight is 365 g/mol. The summed E-state index contributed by atoms with van der Waals surface area (Å²) in [6.07, 6.45) is 2.68. The van der Waals surface area contributed by atoms with Gasteiger partial charge in [-0.25, -0.2) is 0 Å². The number of thioether (sulfide) groups is 1. The molecule has 0 bridgehead atoms. The number of carbonyl (C=O) groups is 1. The summed E-state index contributed by atoms with van der Waals surface area (Å²) in [4.78, 5) is 13.5. The van der Waals surface area contributed by atoms with Gasteiger partial charge in [0.05, 0.1) is 9.95 Å². The number of nitrogens with zero attached hydrogens (tertiary/aromatic N) is 2. The second-order valence-electron chi connectivity index (χ2n) is 5.73. The highest BCUT2D eigenvalue weighted by molar-refractivity contribution is 8.19. The Balaban J connectivity index is 1.73. The molecule has 1 atom stereocenters. The van der Waals surface area contributed by atoms with Crippen LogP contribution in [-0.4, -0.2) is 21.0 Å². The lowest BCUT2D eigenvalue weighted by Gasteiger charge is -2.03. The number of allylic oxidation sites excluding steroid dienone is 1. The zero-order chi connectivity index (χ0) is 17.4. The first-order chi connectivity index (χ1) is 12.2. The number of nitrogens with one attached hydrogen (secondary N) is 1. The first-order valence-electron chi connectivity index (χ1n) is 7.99. The highest BCUT2D eigenvalue weighted by Gasteiger charge is 2.39. The molecule has 0 spiro atoms. The van der Waals surface area contributed by atoms with Crippen molar-refractivity contribution in [1.29, 1.82) is 5.41 Å². The van der Waals surface area contributed by atoms with E-state index in [-0.39, 0.29) is 5.78 Å². The highest BCUT2D eigenvalue weighted by atomic mass is 32.2. The summed E-state index contributed by atoms with van der Waals surface area (Å²) in [5.74, 6) is -0.647. The number of carbonyl (C=O) groups excluding carboxylic acids is 1. The van der Waals surface area contributed by atoms with Crippen LogP contribution in [0.3, 0.4) is 0 Å². The Morgan fingerprint density at radius 1 is 1.16 bits per heavy atom. The van der Waals surface area contributed by atoms with Gasteiger partial charge in [0.1, 0.15) is 15.9 Å². The third-order valence-corrected chi connectivity index (χ3v) is 6.26. The summed E-state index contributed by atoms with van der Waals surface area (Å²) in [7, 11) is 0. The van der Waals surface area contributed by atoms with Crippen molar-refractivity contribution in [3.63, 3.8) is 0 Å². The first-order valence-corrected chi connectivity index (χ1v) is 9.63. The van der Waals surface area contributed by atoms with E-state index >= 15 is 0 Å². The minimum absolute atomic E-state index is 0.0539. The molecule has 4 rings (SSSR count). The van der Waals surface area contributed by atoms with Crippen LogP contribution in [0.2, 0.25) is 0 Å². The van der Waals surface area contributed by atoms with Crippen molar-refractivity contribution in [2.75, 3.05) is 0 Å². The van der Waals surface area contributed by atoms with E-state index in [2.05, 4.69) is 22.3 Å². The van der Waals surface area contributed by atoms with Crippen LogP contribution in [0.5, 0.6) is 0 Å². The minimum Gasteiger partial charge on any atom is -0.297 e. The second kappa shape index (κ2) is 6.54. The van der Waals surface area contributed by atoms with Gasteiger partial charge in [-0.2, -0.15) is 0 Å². The average Bonchev–Trinajstić information content (AvgIpc) is 3.20. The Labute approximate surface area is 153 Å². The second-order valence-corrected chi connectivity index (χ2v) is 7.91. The monoisotopic (exact) mass is 365 g/mol. The molecule has 25 heavy (non-hydrogen) atoms. The fourth-order valence-electron chi connectivity index (χ4n) is 2.86. The molecule has 6 heteroatoms. The molecule has 1 saturated heterocycles. The fraction of sp³-hybridized carbons (Fsp3) is 0.158. The predicted molar refractivity (Wildman–Crippen MR) is 104 cm³/mol. The Bertz CT molecular complexity index is 1020. The van der Waals surface area contributed by atoms with Crippen LogP contribution in [0, 0.1) is 5.41 Å². The van der Waals surface area contributed by atoms with Gasteiger partial charge in [0.25, 0.3) is 0 Å². The van der Waals surface area contributed by atoms with Crippen molar-refractivity contribution < 1.29 is 4.79 Å². The number of aromatic nitrogens is 2. The lowest BCUT2D eigenvalue weighted by molar-refractivity contribution is -0.114. The van der Waals surface area contributed by atoms with E-state index in [9.17, 15) is 4.79 Å². The molecule has 1 N–H and O–H groups in total. The molecular weight excluding hydrogens is 350 g/mol. The number of fused-ring (bicyclic) bond motifs is 1. The largest absolute Gasteiger partial charge is 0.297 e. The molecule has 1 aliphatic heterocycles. The maximum absolute atomic E-state index is 12.9. The molecule has 0 saturated carbocycles. The fourth-order valence-corrected chi connectivity index (χ4v) is 4.80. The topological polar surface area (TPSA) is 66.7 Å². The number of ketones is 1. The van der Waals surface area contributed by atoms with Gasteiger partial charge < -0.3 is 0 Å². The molecule has 3 aromatic rings. The van der Waals surface area contributed by atoms with E-state index in [1.54, 1.807) is 0 Å². The maximum Gasteiger partial charge on any atom is 0.186 e. The van der Waals surface area contributed by atoms with Crippen molar-refractivity contribution in [2.45, 2.75) is 19.3 Å². The molecule has 1 aromatic heterocycles. The molecule has 2 aromatic carbocycles. The smallest absolute Gasteiger partial charge is 0.186 e. The summed E-state index contributed by atoms with van der Waals surface area (Å²) in [5, 5.41) is 20.5. The van der Waals surface area contributed by atoms with E-state index < -0.39 is 5.92 Å². The van der Waals surface area contributed by atoms with Gasteiger partial charge in [0.2, 0.25) is 0 Å². The summed E-state index contributed by atoms with van der Waals surface area (Å²) in [5.41, 5.74) is 0.994. The number of benzene rings is 2. The van der Waals surface area contributed by atoms with E-state index in [4.69, 9.17) is 5.41 Å². The van der Waals surface area contributed by atoms with Crippen molar-refractivity contribution in [1.82, 2.24) is 10.2 Å². The third kappa shape index (κ3) is 2.92. The summed E-state index contributed by atoms with van der Waals surface area (Å²) in [6, 6.07) is 14.1. The molecule has 1 fully saturated rings. The van der Waals surface area contributed by atoms with Gasteiger partial charge in [0, 0.05) is 0 Å². The molecule has 0 amide bonds. The normalized spacial score (nSPS) is 19.2. The Morgan fingerprint density at radius 3 is 2.76 bits per heavy atom. The number of hydrogen-bond acceptors (Lipinski definition) is 6. The van der Waals surface area contributed by atoms with Crippen LogP contribution in [0.1, 0.15) is 28.4 Å². The predicted octanol–water partition coefficient (Wildman–Crippen LogP) is 4.67. The van der Waals surface area contributed by atoms with Gasteiger partial charge >= 0.3 is 0 Å². The van der Waals surface area contributed by atoms with Crippen molar-refractivity contribution in [2.24, 2.45) is 0 Å². The quantitative estimate of drug-likeness (QED) is 0.685. The lowest BCUT2D eigenvalue weighted by atomic mass is 10.0. The van der Waals surface area contributed by atoms with Crippen LogP contribution in [0.4, 0.5) is 0 Å². The molecule has 0 radical (unpaired) electrons. The maximum atomic E-state index is 12.9. The highest BCUT2D eigenvalue weighted by Crippen LogP contribution is 2.41. The Kier molecular flexibility index (Phi) is 4.23. The number of aryl methyl sites for hydroxylation is 1. The van der Waals surface area contributed by atoms with E-state index in [1.165, 1.54) is 23.1 Å². The molecule has 2 heterocycles. The van der Waals surface area contributed by atoms with Gasteiger partial charge in [-0.3, -0.25) is 10.2 Å². The summed E-state index contributed by atoms with van der Waals surface area (Å²) >= 11 is 2.65. The number of Topliss-reactive ketones (excluding diaryl/α,β-unsaturated/α-hetero) is 1. The standard InChI is InChI=1S/C19H15N3OS2/c1-2-15-21-22-19(25-15)16-17(23)14(24-18(16)20)10-12-8-5-7-11-6-3-4-9-13(11)12/h3-10,16,20H,2H2,1H3. The lowest BCUT2D eigenvalue weighted by Crippen LogP contribution is -2.11. The molecule has 4 nitrogen and oxygen atoms in total. The van der Waals surface area contributed by atoms with Crippen molar-refractivity contribution in [3.8, 4) is 0 Å². The number of rotatable bonds is 3. The van der Waals surface area contributed by atoms with E-state index in [0.717, 1.165) is 27.8 Å². The van der Waals surface area contributed by atoms with Crippen LogP contribution < -0.4 is 0 Å².